The third-order valence-corrected chi connectivity index (χ3v) is 4.60. The van der Waals surface area contributed by atoms with Gasteiger partial charge in [-0.3, -0.25) is 14.7 Å². The van der Waals surface area contributed by atoms with Gasteiger partial charge in [0, 0.05) is 31.0 Å². The highest BCUT2D eigenvalue weighted by molar-refractivity contribution is 5.94. The number of hydrogen-bond acceptors (Lipinski definition) is 3. The summed E-state index contributed by atoms with van der Waals surface area (Å²) in [5.41, 5.74) is 1.40. The third-order valence-electron chi connectivity index (χ3n) is 4.60. The molecule has 4 nitrogen and oxygen atoms in total. The van der Waals surface area contributed by atoms with Crippen LogP contribution in [0.15, 0.2) is 42.7 Å². The number of benzene rings is 1. The normalized spacial score (nSPS) is 15.9. The average molecular weight is 345 g/mol. The molecule has 1 saturated heterocycles. The summed E-state index contributed by atoms with van der Waals surface area (Å²) in [5, 5.41) is 2.83. The number of rotatable bonds is 5. The van der Waals surface area contributed by atoms with Gasteiger partial charge in [0.1, 0.15) is 0 Å². The van der Waals surface area contributed by atoms with Gasteiger partial charge in [0.05, 0.1) is 0 Å². The van der Waals surface area contributed by atoms with Crippen LogP contribution >= 0.6 is 0 Å². The summed E-state index contributed by atoms with van der Waals surface area (Å²) in [5.74, 6) is -1.91. The van der Waals surface area contributed by atoms with Crippen LogP contribution in [-0.4, -0.2) is 35.4 Å². The van der Waals surface area contributed by atoms with Gasteiger partial charge in [-0.25, -0.2) is 8.78 Å². The fraction of sp³-hybridized carbons (Fsp3) is 0.368. The van der Waals surface area contributed by atoms with Crippen molar-refractivity contribution < 1.29 is 13.6 Å². The van der Waals surface area contributed by atoms with Crippen molar-refractivity contribution in [3.05, 3.63) is 65.5 Å². The van der Waals surface area contributed by atoms with Gasteiger partial charge in [0.15, 0.2) is 11.6 Å². The number of carbonyl (C=O) groups is 1. The molecule has 132 valence electrons. The summed E-state index contributed by atoms with van der Waals surface area (Å²) < 4.78 is 26.1. The molecule has 1 amide bonds. The minimum Gasteiger partial charge on any atom is -0.352 e. The minimum atomic E-state index is -1.00. The van der Waals surface area contributed by atoms with Gasteiger partial charge in [-0.2, -0.15) is 0 Å². The summed E-state index contributed by atoms with van der Waals surface area (Å²) in [6, 6.07) is 7.25. The largest absolute Gasteiger partial charge is 0.352 e. The van der Waals surface area contributed by atoms with Gasteiger partial charge in [0.25, 0.3) is 5.91 Å². The lowest BCUT2D eigenvalue weighted by Gasteiger charge is -2.32. The Bertz CT molecular complexity index is 716. The van der Waals surface area contributed by atoms with E-state index in [1.807, 2.05) is 12.1 Å². The number of pyridine rings is 1. The quantitative estimate of drug-likeness (QED) is 0.906. The topological polar surface area (TPSA) is 45.2 Å². The summed E-state index contributed by atoms with van der Waals surface area (Å²) in [6.45, 7) is 3.43. The van der Waals surface area contributed by atoms with Crippen molar-refractivity contribution in [2.45, 2.75) is 19.4 Å². The van der Waals surface area contributed by atoms with Crippen LogP contribution in [0.25, 0.3) is 0 Å². The summed E-state index contributed by atoms with van der Waals surface area (Å²) in [7, 11) is 0. The molecular weight excluding hydrogens is 324 g/mol. The van der Waals surface area contributed by atoms with Gasteiger partial charge in [-0.15, -0.1) is 0 Å². The van der Waals surface area contributed by atoms with E-state index < -0.39 is 11.6 Å². The van der Waals surface area contributed by atoms with Crippen molar-refractivity contribution in [3.8, 4) is 0 Å². The zero-order valence-corrected chi connectivity index (χ0v) is 13.9. The second-order valence-electron chi connectivity index (χ2n) is 6.41. The Hall–Kier alpha value is -2.34. The number of piperidine rings is 1. The first-order chi connectivity index (χ1) is 12.1. The maximum atomic E-state index is 13.2. The molecule has 25 heavy (non-hydrogen) atoms. The van der Waals surface area contributed by atoms with Crippen LogP contribution in [-0.2, 0) is 6.54 Å². The highest BCUT2D eigenvalue weighted by atomic mass is 19.2. The first-order valence-electron chi connectivity index (χ1n) is 8.46. The van der Waals surface area contributed by atoms with Crippen LogP contribution in [0.2, 0.25) is 0 Å². The van der Waals surface area contributed by atoms with Gasteiger partial charge < -0.3 is 5.32 Å². The van der Waals surface area contributed by atoms with E-state index in [1.54, 1.807) is 12.4 Å². The number of halogens is 2. The summed E-state index contributed by atoms with van der Waals surface area (Å²) >= 11 is 0. The molecule has 1 N–H and O–H groups in total. The molecule has 1 aliphatic heterocycles. The monoisotopic (exact) mass is 345 g/mol. The summed E-state index contributed by atoms with van der Waals surface area (Å²) in [4.78, 5) is 18.5. The number of likely N-dealkylation sites (tertiary alicyclic amines) is 1. The Labute approximate surface area is 145 Å². The van der Waals surface area contributed by atoms with E-state index >= 15 is 0 Å². The number of nitrogens with zero attached hydrogens (tertiary/aromatic N) is 2. The molecule has 1 aliphatic rings. The first kappa shape index (κ1) is 17.5. The number of aromatic nitrogens is 1. The standard InChI is InChI=1S/C19H21F2N3O/c20-17-2-1-16(11-18(17)21)19(25)23-12-14-5-9-24(10-6-14)13-15-3-7-22-8-4-15/h1-4,7-8,11,14H,5-6,9-10,12-13H2,(H,23,25). The van der Waals surface area contributed by atoms with Gasteiger partial charge >= 0.3 is 0 Å². The summed E-state index contributed by atoms with van der Waals surface area (Å²) in [6.07, 6.45) is 5.61. The maximum Gasteiger partial charge on any atom is 0.251 e. The number of nitrogens with one attached hydrogen (secondary N) is 1. The lowest BCUT2D eigenvalue weighted by Crippen LogP contribution is -2.38. The van der Waals surface area contributed by atoms with Crippen LogP contribution < -0.4 is 5.32 Å². The van der Waals surface area contributed by atoms with Crippen molar-refractivity contribution >= 4 is 5.91 Å². The second kappa shape index (κ2) is 8.16. The van der Waals surface area contributed by atoms with Crippen LogP contribution in [0.3, 0.4) is 0 Å². The van der Waals surface area contributed by atoms with Crippen molar-refractivity contribution in [2.24, 2.45) is 5.92 Å². The van der Waals surface area contributed by atoms with E-state index in [1.165, 1.54) is 11.6 Å². The Morgan fingerprint density at radius 1 is 1.12 bits per heavy atom. The molecule has 0 atom stereocenters. The smallest absolute Gasteiger partial charge is 0.251 e. The number of amides is 1. The lowest BCUT2D eigenvalue weighted by molar-refractivity contribution is 0.0934. The van der Waals surface area contributed by atoms with Crippen molar-refractivity contribution in [1.29, 1.82) is 0 Å². The van der Waals surface area contributed by atoms with E-state index in [2.05, 4.69) is 15.2 Å². The molecule has 2 heterocycles. The Morgan fingerprint density at radius 2 is 1.84 bits per heavy atom. The van der Waals surface area contributed by atoms with Crippen molar-refractivity contribution in [1.82, 2.24) is 15.2 Å². The maximum absolute atomic E-state index is 13.2. The van der Waals surface area contributed by atoms with Gasteiger partial charge in [-0.05, 0) is 67.7 Å². The van der Waals surface area contributed by atoms with Crippen molar-refractivity contribution in [3.63, 3.8) is 0 Å². The number of hydrogen-bond donors (Lipinski definition) is 1. The Morgan fingerprint density at radius 3 is 2.52 bits per heavy atom. The minimum absolute atomic E-state index is 0.147. The second-order valence-corrected chi connectivity index (χ2v) is 6.41. The lowest BCUT2D eigenvalue weighted by atomic mass is 9.96. The van der Waals surface area contributed by atoms with Crippen LogP contribution in [0.5, 0.6) is 0 Å². The van der Waals surface area contributed by atoms with E-state index in [-0.39, 0.29) is 11.5 Å². The molecule has 3 rings (SSSR count). The molecule has 0 aliphatic carbocycles. The van der Waals surface area contributed by atoms with E-state index in [4.69, 9.17) is 0 Å². The van der Waals surface area contributed by atoms with Crippen LogP contribution in [0.4, 0.5) is 8.78 Å². The molecule has 0 spiro atoms. The third kappa shape index (κ3) is 4.82. The molecule has 0 unspecified atom stereocenters. The molecule has 1 aromatic heterocycles. The predicted molar refractivity (Wildman–Crippen MR) is 90.9 cm³/mol. The van der Waals surface area contributed by atoms with Crippen molar-refractivity contribution in [2.75, 3.05) is 19.6 Å². The molecule has 2 aromatic rings. The highest BCUT2D eigenvalue weighted by Gasteiger charge is 2.20. The molecule has 0 bridgehead atoms. The van der Waals surface area contributed by atoms with Crippen LogP contribution in [0, 0.1) is 17.6 Å². The number of carbonyl (C=O) groups excluding carboxylic acids is 1. The first-order valence-corrected chi connectivity index (χ1v) is 8.46. The van der Waals surface area contributed by atoms with Gasteiger partial charge in [0.2, 0.25) is 0 Å². The zero-order chi connectivity index (χ0) is 17.6. The average Bonchev–Trinajstić information content (AvgIpc) is 2.64. The van der Waals surface area contributed by atoms with E-state index in [0.29, 0.717) is 12.5 Å². The highest BCUT2D eigenvalue weighted by Crippen LogP contribution is 2.18. The van der Waals surface area contributed by atoms with Gasteiger partial charge in [-0.1, -0.05) is 0 Å². The van der Waals surface area contributed by atoms with E-state index in [9.17, 15) is 13.6 Å². The molecule has 0 saturated carbocycles. The Kier molecular flexibility index (Phi) is 5.71. The Balaban J connectivity index is 1.43. The fourth-order valence-corrected chi connectivity index (χ4v) is 3.07. The molecule has 0 radical (unpaired) electrons. The van der Waals surface area contributed by atoms with Crippen LogP contribution in [0.1, 0.15) is 28.8 Å². The predicted octanol–water partition coefficient (Wildman–Crippen LogP) is 3.00. The molecular formula is C19H21F2N3O. The zero-order valence-electron chi connectivity index (χ0n) is 13.9. The SMILES string of the molecule is O=C(NCC1CCN(Cc2ccncc2)CC1)c1ccc(F)c(F)c1. The molecule has 1 fully saturated rings. The van der Waals surface area contributed by atoms with E-state index in [0.717, 1.165) is 44.6 Å². The molecule has 1 aromatic carbocycles. The molecule has 6 heteroatoms. The fourth-order valence-electron chi connectivity index (χ4n) is 3.07.